The third-order valence-electron chi connectivity index (χ3n) is 1.67. The Hall–Kier alpha value is -2.12. The van der Waals surface area contributed by atoms with Crippen molar-refractivity contribution < 1.29 is 17.7 Å². The minimum absolute atomic E-state index is 0.124. The van der Waals surface area contributed by atoms with Gasteiger partial charge in [0.2, 0.25) is 5.82 Å². The van der Waals surface area contributed by atoms with Crippen molar-refractivity contribution >= 4 is 5.82 Å². The summed E-state index contributed by atoms with van der Waals surface area (Å²) in [6, 6.07) is 4.46. The molecule has 84 valence electrons. The summed E-state index contributed by atoms with van der Waals surface area (Å²) in [5.74, 6) is -1.50. The maximum absolute atomic E-state index is 12.2. The third kappa shape index (κ3) is 1.95. The van der Waals surface area contributed by atoms with Gasteiger partial charge in [-0.3, -0.25) is 0 Å². The SMILES string of the molecule is Nc1cccc(-c2noc(C(F)(F)F)n2)n1. The fraction of sp³-hybridized carbons (Fsp3) is 0.125. The molecule has 16 heavy (non-hydrogen) atoms. The molecule has 0 aliphatic heterocycles. The van der Waals surface area contributed by atoms with Crippen molar-refractivity contribution in [2.24, 2.45) is 0 Å². The number of rotatable bonds is 1. The molecule has 0 saturated carbocycles. The van der Waals surface area contributed by atoms with Gasteiger partial charge < -0.3 is 10.3 Å². The summed E-state index contributed by atoms with van der Waals surface area (Å²) in [4.78, 5) is 6.94. The number of aromatic nitrogens is 3. The van der Waals surface area contributed by atoms with E-state index in [0.717, 1.165) is 0 Å². The number of halogens is 3. The van der Waals surface area contributed by atoms with Crippen LogP contribution < -0.4 is 5.73 Å². The van der Waals surface area contributed by atoms with Crippen LogP contribution in [0, 0.1) is 0 Å². The molecule has 2 heterocycles. The largest absolute Gasteiger partial charge is 0.471 e. The second-order valence-electron chi connectivity index (χ2n) is 2.87. The summed E-state index contributed by atoms with van der Waals surface area (Å²) >= 11 is 0. The lowest BCUT2D eigenvalue weighted by Crippen LogP contribution is -2.05. The third-order valence-corrected chi connectivity index (χ3v) is 1.67. The Balaban J connectivity index is 2.39. The van der Waals surface area contributed by atoms with E-state index in [1.165, 1.54) is 18.2 Å². The van der Waals surface area contributed by atoms with Gasteiger partial charge in [-0.15, -0.1) is 0 Å². The lowest BCUT2D eigenvalue weighted by atomic mass is 10.3. The second kappa shape index (κ2) is 3.47. The van der Waals surface area contributed by atoms with E-state index in [2.05, 4.69) is 19.6 Å². The number of anilines is 1. The smallest absolute Gasteiger partial charge is 0.384 e. The van der Waals surface area contributed by atoms with E-state index in [1.54, 1.807) is 0 Å². The van der Waals surface area contributed by atoms with Crippen molar-refractivity contribution in [1.82, 2.24) is 15.1 Å². The zero-order chi connectivity index (χ0) is 11.8. The monoisotopic (exact) mass is 230 g/mol. The fourth-order valence-electron chi connectivity index (χ4n) is 1.02. The molecule has 0 unspecified atom stereocenters. The van der Waals surface area contributed by atoms with Crippen LogP contribution in [0.3, 0.4) is 0 Å². The van der Waals surface area contributed by atoms with Crippen LogP contribution in [0.4, 0.5) is 19.0 Å². The number of nitrogens with zero attached hydrogens (tertiary/aromatic N) is 3. The highest BCUT2D eigenvalue weighted by molar-refractivity contribution is 5.51. The number of alkyl halides is 3. The van der Waals surface area contributed by atoms with Crippen LogP contribution in [0.2, 0.25) is 0 Å². The molecule has 8 heteroatoms. The Kier molecular flexibility index (Phi) is 2.26. The molecule has 2 N–H and O–H groups in total. The van der Waals surface area contributed by atoms with E-state index >= 15 is 0 Å². The van der Waals surface area contributed by atoms with Crippen molar-refractivity contribution in [3.05, 3.63) is 24.1 Å². The van der Waals surface area contributed by atoms with Crippen LogP contribution in [0.15, 0.2) is 22.7 Å². The molecule has 0 aliphatic rings. The Morgan fingerprint density at radius 1 is 1.19 bits per heavy atom. The van der Waals surface area contributed by atoms with Crippen molar-refractivity contribution in [2.75, 3.05) is 5.73 Å². The van der Waals surface area contributed by atoms with E-state index in [-0.39, 0.29) is 17.3 Å². The molecule has 0 fully saturated rings. The molecule has 2 aromatic rings. The van der Waals surface area contributed by atoms with Gasteiger partial charge in [-0.1, -0.05) is 11.2 Å². The molecule has 0 spiro atoms. The van der Waals surface area contributed by atoms with Gasteiger partial charge in [-0.05, 0) is 12.1 Å². The lowest BCUT2D eigenvalue weighted by molar-refractivity contribution is -0.159. The van der Waals surface area contributed by atoms with Gasteiger partial charge in [0.15, 0.2) is 0 Å². The summed E-state index contributed by atoms with van der Waals surface area (Å²) in [6.07, 6.45) is -4.66. The summed E-state index contributed by atoms with van der Waals surface area (Å²) in [5.41, 5.74) is 5.49. The number of hydrogen-bond acceptors (Lipinski definition) is 5. The molecular formula is C8H5F3N4O. The highest BCUT2D eigenvalue weighted by atomic mass is 19.4. The molecule has 0 amide bonds. The van der Waals surface area contributed by atoms with Gasteiger partial charge in [0.25, 0.3) is 0 Å². The van der Waals surface area contributed by atoms with Gasteiger partial charge >= 0.3 is 12.1 Å². The first-order valence-corrected chi connectivity index (χ1v) is 4.10. The summed E-state index contributed by atoms with van der Waals surface area (Å²) < 4.78 is 40.5. The fourth-order valence-corrected chi connectivity index (χ4v) is 1.02. The average molecular weight is 230 g/mol. The van der Waals surface area contributed by atoms with E-state index < -0.39 is 12.1 Å². The zero-order valence-corrected chi connectivity index (χ0v) is 7.69. The van der Waals surface area contributed by atoms with Crippen LogP contribution >= 0.6 is 0 Å². The van der Waals surface area contributed by atoms with E-state index in [9.17, 15) is 13.2 Å². The van der Waals surface area contributed by atoms with Gasteiger partial charge in [0.1, 0.15) is 11.5 Å². The quantitative estimate of drug-likeness (QED) is 0.807. The first kappa shape index (κ1) is 10.4. The minimum Gasteiger partial charge on any atom is -0.384 e. The Morgan fingerprint density at radius 3 is 2.50 bits per heavy atom. The summed E-state index contributed by atoms with van der Waals surface area (Å²) in [7, 11) is 0. The number of pyridine rings is 1. The highest BCUT2D eigenvalue weighted by Crippen LogP contribution is 2.28. The van der Waals surface area contributed by atoms with Gasteiger partial charge in [0.05, 0.1) is 0 Å². The van der Waals surface area contributed by atoms with Crippen molar-refractivity contribution in [3.63, 3.8) is 0 Å². The molecule has 0 aliphatic carbocycles. The molecule has 0 atom stereocenters. The van der Waals surface area contributed by atoms with Crippen LogP contribution in [0.25, 0.3) is 11.5 Å². The molecule has 0 aromatic carbocycles. The maximum atomic E-state index is 12.2. The summed E-state index contributed by atoms with van der Waals surface area (Å²) in [6.45, 7) is 0. The van der Waals surface area contributed by atoms with Crippen LogP contribution in [0.1, 0.15) is 5.89 Å². The molecular weight excluding hydrogens is 225 g/mol. The predicted octanol–water partition coefficient (Wildman–Crippen LogP) is 1.73. The van der Waals surface area contributed by atoms with Crippen molar-refractivity contribution in [1.29, 1.82) is 0 Å². The highest BCUT2D eigenvalue weighted by Gasteiger charge is 2.38. The summed E-state index contributed by atoms with van der Waals surface area (Å²) in [5, 5.41) is 3.17. The molecule has 2 aromatic heterocycles. The van der Waals surface area contributed by atoms with Crippen molar-refractivity contribution in [3.8, 4) is 11.5 Å². The standard InChI is InChI=1S/C8H5F3N4O/c9-8(10,11)7-14-6(15-16-7)4-2-1-3-5(12)13-4/h1-3H,(H2,12,13). The molecule has 0 radical (unpaired) electrons. The number of nitrogens with two attached hydrogens (primary N) is 1. The van der Waals surface area contributed by atoms with E-state index in [4.69, 9.17) is 5.73 Å². The van der Waals surface area contributed by atoms with Crippen LogP contribution in [-0.4, -0.2) is 15.1 Å². The molecule has 5 nitrogen and oxygen atoms in total. The first-order chi connectivity index (χ1) is 7.47. The second-order valence-corrected chi connectivity index (χ2v) is 2.87. The predicted molar refractivity (Wildman–Crippen MR) is 46.9 cm³/mol. The Bertz CT molecular complexity index is 508. The van der Waals surface area contributed by atoms with Gasteiger partial charge in [-0.25, -0.2) is 4.98 Å². The molecule has 0 saturated heterocycles. The first-order valence-electron chi connectivity index (χ1n) is 4.10. The zero-order valence-electron chi connectivity index (χ0n) is 7.69. The topological polar surface area (TPSA) is 77.8 Å². The Morgan fingerprint density at radius 2 is 1.94 bits per heavy atom. The average Bonchev–Trinajstić information content (AvgIpc) is 2.65. The normalized spacial score (nSPS) is 11.7. The lowest BCUT2D eigenvalue weighted by Gasteiger charge is -1.96. The van der Waals surface area contributed by atoms with E-state index in [0.29, 0.717) is 0 Å². The number of hydrogen-bond donors (Lipinski definition) is 1. The van der Waals surface area contributed by atoms with Crippen LogP contribution in [-0.2, 0) is 6.18 Å². The van der Waals surface area contributed by atoms with E-state index in [1.807, 2.05) is 0 Å². The number of nitrogen functional groups attached to an aromatic ring is 1. The minimum atomic E-state index is -4.66. The van der Waals surface area contributed by atoms with Crippen LogP contribution in [0.5, 0.6) is 0 Å². The molecule has 2 rings (SSSR count). The molecule has 0 bridgehead atoms. The van der Waals surface area contributed by atoms with Gasteiger partial charge in [-0.2, -0.15) is 18.2 Å². The Labute approximate surface area is 87.1 Å². The maximum Gasteiger partial charge on any atom is 0.471 e. The van der Waals surface area contributed by atoms with Crippen molar-refractivity contribution in [2.45, 2.75) is 6.18 Å². The van der Waals surface area contributed by atoms with Gasteiger partial charge in [0, 0.05) is 0 Å².